The second-order valence-electron chi connectivity index (χ2n) is 27.0. The average Bonchev–Trinajstić information content (AvgIpc) is 1.57. The van der Waals surface area contributed by atoms with Crippen LogP contribution in [0.2, 0.25) is 0 Å². The molecule has 52 heteroatoms. The third-order valence-electron chi connectivity index (χ3n) is 18.0. The van der Waals surface area contributed by atoms with Crippen molar-refractivity contribution in [1.82, 2.24) is 38.2 Å². The van der Waals surface area contributed by atoms with Crippen molar-refractivity contribution in [3.05, 3.63) is 249 Å². The van der Waals surface area contributed by atoms with Gasteiger partial charge in [0.15, 0.2) is 24.9 Å². The SMILES string of the molecule is Cc1cccc2c1OP(=O)(OC[C@]1(F)C[C@@H](O)[C@H](n3cc(F)c(=O)[nH]c3=O)O1)OC2.[2H]C([2H])(OP1(=O)OCc2cccc(C)c2O1)[C@]1(F)C[C@@H](O)[C@H](n2cc(F)c(=O)[nH]c2=O)O1.[2H]C([2H])(OP1(=O)OCc2cccc(C)c2O1)[C@]1(F)C[C@@H](O)[C@]([2H])(n2cc(F)c(=O)[nH]c2=O)O1.[2H][C@@]1(n2cc(F)c(=O)[nH]c2=O)O[C@](F)(COP2(=O)OCc3cccc(C)c3O2)C[C@H]1O. The Labute approximate surface area is 673 Å². The molecule has 0 radical (unpaired) electrons. The van der Waals surface area contributed by atoms with Gasteiger partial charge in [0, 0.05) is 47.9 Å². The molecule has 40 nitrogen and oxygen atoms in total. The zero-order chi connectivity index (χ0) is 92.2. The zero-order valence-corrected chi connectivity index (χ0v) is 65.2. The van der Waals surface area contributed by atoms with Crippen LogP contribution in [0, 0.1) is 51.0 Å². The number of H-pyrrole nitrogens is 4. The van der Waals surface area contributed by atoms with Crippen molar-refractivity contribution >= 4 is 31.3 Å². The summed E-state index contributed by atoms with van der Waals surface area (Å²) in [7, 11) is -17.9. The summed E-state index contributed by atoms with van der Waals surface area (Å²) in [5.41, 5.74) is -5.80. The van der Waals surface area contributed by atoms with Crippen LogP contribution in [-0.2, 0) is 99.8 Å². The molecular weight excluding hydrogens is 1720 g/mol. The number of alkyl halides is 4. The topological polar surface area (TPSA) is 516 Å². The Hall–Kier alpha value is -9.48. The molecule has 4 fully saturated rings. The van der Waals surface area contributed by atoms with Crippen LogP contribution >= 0.6 is 31.3 Å². The van der Waals surface area contributed by atoms with Crippen LogP contribution in [0.15, 0.2) is 136 Å². The first-order chi connectivity index (χ1) is 58.6. The van der Waals surface area contributed by atoms with Crippen LogP contribution < -0.4 is 63.1 Å². The highest BCUT2D eigenvalue weighted by Gasteiger charge is 2.55. The molecule has 0 bridgehead atoms. The number of aromatic nitrogens is 8. The largest absolute Gasteiger partial charge is 0.530 e. The molecule has 8 aliphatic rings. The number of aliphatic hydroxyl groups excluding tert-OH is 4. The lowest BCUT2D eigenvalue weighted by molar-refractivity contribution is -0.179. The second kappa shape index (κ2) is 34.1. The summed E-state index contributed by atoms with van der Waals surface area (Å²) in [6.45, 7) is -3.29. The summed E-state index contributed by atoms with van der Waals surface area (Å²) in [4.78, 5) is 98.8. The number of nitrogens with zero attached hydrogens (tertiary/aromatic N) is 4. The smallest absolute Gasteiger partial charge is 0.403 e. The fourth-order valence-corrected chi connectivity index (χ4v) is 17.2. The van der Waals surface area contributed by atoms with Gasteiger partial charge in [-0.15, -0.1) is 0 Å². The van der Waals surface area contributed by atoms with Crippen LogP contribution in [0.4, 0.5) is 35.1 Å². The minimum Gasteiger partial charge on any atom is -0.403 e. The molecule has 8 aromatic rings. The summed E-state index contributed by atoms with van der Waals surface area (Å²) < 4.78 is 297. The number of phosphoric ester groups is 4. The van der Waals surface area contributed by atoms with Gasteiger partial charge in [-0.1, -0.05) is 72.8 Å². The molecule has 120 heavy (non-hydrogen) atoms. The number of aromatic amines is 4. The highest BCUT2D eigenvalue weighted by Crippen LogP contribution is 2.61. The second-order valence-corrected chi connectivity index (χ2v) is 33.3. The first-order valence-electron chi connectivity index (χ1n) is 37.7. The van der Waals surface area contributed by atoms with E-state index in [1.165, 1.54) is 4.98 Å². The van der Waals surface area contributed by atoms with Crippen LogP contribution in [0.5, 0.6) is 23.0 Å². The lowest BCUT2D eigenvalue weighted by Crippen LogP contribution is -2.37. The van der Waals surface area contributed by atoms with Crippen LogP contribution in [0.1, 0.15) is 103 Å². The number of hydrogen-bond acceptors (Lipinski definition) is 32. The number of phosphoric acid groups is 4. The van der Waals surface area contributed by atoms with Gasteiger partial charge in [-0.2, -0.15) is 17.6 Å². The first-order valence-corrected chi connectivity index (χ1v) is 40.5. The van der Waals surface area contributed by atoms with E-state index in [0.717, 1.165) is 0 Å². The number of hydrogen-bond donors (Lipinski definition) is 8. The van der Waals surface area contributed by atoms with Crippen molar-refractivity contribution in [2.24, 2.45) is 0 Å². The molecule has 16 rings (SSSR count). The molecule has 16 atom stereocenters. The molecule has 8 N–H and O–H groups in total. The molecule has 0 saturated carbocycles. The lowest BCUT2D eigenvalue weighted by Gasteiger charge is -2.28. The number of benzene rings is 4. The predicted octanol–water partition coefficient (Wildman–Crippen LogP) is 6.65. The van der Waals surface area contributed by atoms with E-state index in [4.69, 9.17) is 81.5 Å². The zero-order valence-electron chi connectivity index (χ0n) is 67.6. The van der Waals surface area contributed by atoms with E-state index in [0.29, 0.717) is 78.0 Å². The minimum absolute atomic E-state index is 0.0428. The number of nitrogens with one attached hydrogen (secondary N) is 4. The molecule has 4 unspecified atom stereocenters. The third kappa shape index (κ3) is 19.4. The summed E-state index contributed by atoms with van der Waals surface area (Å²) >= 11 is 0. The Bertz CT molecular complexity index is 6380. The Balaban J connectivity index is 0.000000144. The molecule has 648 valence electrons. The monoisotopic (exact) mass is 1790 g/mol. The number of halogens is 8. The van der Waals surface area contributed by atoms with Gasteiger partial charge in [0.05, 0.1) is 59.4 Å². The Morgan fingerprint density at radius 3 is 0.983 bits per heavy atom. The summed E-state index contributed by atoms with van der Waals surface area (Å²) in [5.74, 6) is -17.7. The maximum Gasteiger partial charge on any atom is 0.530 e. The minimum atomic E-state index is -4.76. The van der Waals surface area contributed by atoms with Crippen molar-refractivity contribution in [1.29, 1.82) is 0 Å². The molecule has 4 saturated heterocycles. The molecule has 8 aliphatic heterocycles. The van der Waals surface area contributed by atoms with Crippen LogP contribution in [0.3, 0.4) is 0 Å². The molecule has 4 aromatic heterocycles. The van der Waals surface area contributed by atoms with Crippen molar-refractivity contribution in [2.45, 2.75) is 153 Å². The standard InChI is InChI=1S/4C17H17F2N2O8P/c4*1-9-3-2-4-10-7-26-30(25,29-13(9)10)27-8-17(19)5-12(22)15(28-17)21-6-11(18)14(23)20-16(21)24/h4*2-4,6,12,15,22H,5,7-8H2,1H3,(H,20,23,24)/t4*12-,15-,17+,30?/m1111/s1/i8D2,15D;15D;8D2;. The fraction of sp³-hybridized carbons (Fsp3) is 0.412. The number of fused-ring (bicyclic) bond motifs is 4. The highest BCUT2D eigenvalue weighted by atomic mass is 31.2. The van der Waals surface area contributed by atoms with Crippen molar-refractivity contribution < 1.29 is 155 Å². The van der Waals surface area contributed by atoms with Gasteiger partial charge < -0.3 is 57.5 Å². The predicted molar refractivity (Wildman–Crippen MR) is 384 cm³/mol. The van der Waals surface area contributed by atoms with Crippen molar-refractivity contribution in [3.8, 4) is 23.0 Å². The Kier molecular flexibility index (Phi) is 22.8. The van der Waals surface area contributed by atoms with E-state index in [1.54, 1.807) is 115 Å². The Morgan fingerprint density at radius 1 is 0.400 bits per heavy atom. The average molecular weight is 1790 g/mol. The highest BCUT2D eigenvalue weighted by molar-refractivity contribution is 7.49. The van der Waals surface area contributed by atoms with E-state index in [-0.39, 0.29) is 59.0 Å². The molecule has 12 heterocycles. The van der Waals surface area contributed by atoms with Gasteiger partial charge in [0.1, 0.15) is 73.7 Å². The number of para-hydroxylation sites is 4. The van der Waals surface area contributed by atoms with Gasteiger partial charge in [0.25, 0.3) is 22.2 Å². The third-order valence-corrected chi connectivity index (χ3v) is 23.0. The summed E-state index contributed by atoms with van der Waals surface area (Å²) in [6.07, 6.45) is -19.7. The number of aliphatic hydroxyl groups is 4. The van der Waals surface area contributed by atoms with Gasteiger partial charge in [0.2, 0.25) is 46.7 Å². The summed E-state index contributed by atoms with van der Waals surface area (Å²) in [5, 5.41) is 40.7. The number of rotatable bonds is 16. The number of ether oxygens (including phenoxy) is 4. The molecule has 4 aromatic carbocycles. The van der Waals surface area contributed by atoms with Gasteiger partial charge >= 0.3 is 54.0 Å². The lowest BCUT2D eigenvalue weighted by atomic mass is 10.1. The van der Waals surface area contributed by atoms with E-state index in [9.17, 15) is 94.6 Å². The quantitative estimate of drug-likeness (QED) is 0.0370. The van der Waals surface area contributed by atoms with E-state index in [1.807, 2.05) is 0 Å². The van der Waals surface area contributed by atoms with Gasteiger partial charge in [-0.05, 0) is 49.9 Å². The first kappa shape index (κ1) is 80.3. The van der Waals surface area contributed by atoms with Gasteiger partial charge in [-0.3, -0.25) is 93.6 Å². The molecule has 0 spiro atoms. The van der Waals surface area contributed by atoms with Gasteiger partial charge in [-0.25, -0.2) is 55.0 Å². The van der Waals surface area contributed by atoms with E-state index in [2.05, 4.69) is 0 Å². The van der Waals surface area contributed by atoms with E-state index >= 15 is 17.6 Å². The molecule has 0 amide bonds. The normalized spacial score (nSPS) is 32.9. The fourth-order valence-electron chi connectivity index (χ4n) is 12.3. The molecule has 0 aliphatic carbocycles. The van der Waals surface area contributed by atoms with Crippen LogP contribution in [-0.4, -0.2) is 133 Å². The summed E-state index contributed by atoms with van der Waals surface area (Å²) in [6, 6.07) is 20.2. The van der Waals surface area contributed by atoms with Crippen molar-refractivity contribution in [2.75, 3.05) is 26.3 Å². The maximum atomic E-state index is 15.6. The Morgan fingerprint density at radius 2 is 0.650 bits per heavy atom. The maximum absolute atomic E-state index is 15.6. The van der Waals surface area contributed by atoms with E-state index < -0.39 is 224 Å². The van der Waals surface area contributed by atoms with Crippen LogP contribution in [0.25, 0.3) is 0 Å². The van der Waals surface area contributed by atoms with Crippen molar-refractivity contribution in [3.63, 3.8) is 0 Å². The molecular formula is C68H68F8N8O32P4. The number of aryl methyl sites for hydroxylation is 4.